The van der Waals surface area contributed by atoms with E-state index in [2.05, 4.69) is 5.32 Å². The van der Waals surface area contributed by atoms with Crippen molar-refractivity contribution in [3.63, 3.8) is 0 Å². The zero-order valence-electron chi connectivity index (χ0n) is 9.46. The van der Waals surface area contributed by atoms with Crippen LogP contribution in [0.4, 0.5) is 5.69 Å². The molecular formula is C14H11NO3. The maximum Gasteiger partial charge on any atom is 0.337 e. The summed E-state index contributed by atoms with van der Waals surface area (Å²) in [5.41, 5.74) is 2.17. The van der Waals surface area contributed by atoms with Gasteiger partial charge in [0.2, 0.25) is 6.41 Å². The quantitative estimate of drug-likeness (QED) is 0.808. The molecule has 4 nitrogen and oxygen atoms in total. The Morgan fingerprint density at radius 3 is 2.39 bits per heavy atom. The lowest BCUT2D eigenvalue weighted by Crippen LogP contribution is -2.04. The zero-order chi connectivity index (χ0) is 13.0. The first-order valence-electron chi connectivity index (χ1n) is 5.35. The van der Waals surface area contributed by atoms with Crippen molar-refractivity contribution in [3.05, 3.63) is 54.1 Å². The van der Waals surface area contributed by atoms with E-state index in [1.807, 2.05) is 30.3 Å². The highest BCUT2D eigenvalue weighted by Gasteiger charge is 2.10. The minimum atomic E-state index is -1.07. The number of aromatic carboxylic acids is 1. The maximum absolute atomic E-state index is 11.0. The van der Waals surface area contributed by atoms with E-state index in [4.69, 9.17) is 5.11 Å². The van der Waals surface area contributed by atoms with Crippen LogP contribution in [0.25, 0.3) is 11.1 Å². The molecule has 0 aromatic heterocycles. The van der Waals surface area contributed by atoms with Crippen molar-refractivity contribution in [3.8, 4) is 11.1 Å². The van der Waals surface area contributed by atoms with Gasteiger partial charge in [-0.15, -0.1) is 0 Å². The highest BCUT2D eigenvalue weighted by Crippen LogP contribution is 2.25. The molecular weight excluding hydrogens is 230 g/mol. The zero-order valence-corrected chi connectivity index (χ0v) is 9.46. The predicted octanol–water partition coefficient (Wildman–Crippen LogP) is 2.62. The van der Waals surface area contributed by atoms with Gasteiger partial charge < -0.3 is 10.4 Å². The van der Waals surface area contributed by atoms with Crippen molar-refractivity contribution in [2.75, 3.05) is 5.32 Å². The van der Waals surface area contributed by atoms with Crippen LogP contribution < -0.4 is 5.32 Å². The van der Waals surface area contributed by atoms with E-state index >= 15 is 0 Å². The molecule has 0 aliphatic carbocycles. The minimum absolute atomic E-state index is 0.0711. The molecule has 2 aromatic carbocycles. The molecule has 2 N–H and O–H groups in total. The van der Waals surface area contributed by atoms with Gasteiger partial charge >= 0.3 is 5.97 Å². The summed E-state index contributed by atoms with van der Waals surface area (Å²) < 4.78 is 0. The number of hydrogen-bond donors (Lipinski definition) is 2. The molecule has 0 saturated carbocycles. The second-order valence-electron chi connectivity index (χ2n) is 3.69. The fourth-order valence-corrected chi connectivity index (χ4v) is 1.72. The third kappa shape index (κ3) is 2.38. The normalized spacial score (nSPS) is 9.78. The average molecular weight is 241 g/mol. The number of benzene rings is 2. The van der Waals surface area contributed by atoms with Crippen molar-refractivity contribution >= 4 is 18.1 Å². The molecule has 18 heavy (non-hydrogen) atoms. The monoisotopic (exact) mass is 241 g/mol. The van der Waals surface area contributed by atoms with Gasteiger partial charge in [-0.1, -0.05) is 36.4 Å². The van der Waals surface area contributed by atoms with E-state index in [9.17, 15) is 9.59 Å². The summed E-state index contributed by atoms with van der Waals surface area (Å²) in [6.45, 7) is 0. The van der Waals surface area contributed by atoms with Crippen LogP contribution in [0.3, 0.4) is 0 Å². The van der Waals surface area contributed by atoms with Gasteiger partial charge in [-0.05, 0) is 23.3 Å². The lowest BCUT2D eigenvalue weighted by atomic mass is 10.0. The highest BCUT2D eigenvalue weighted by atomic mass is 16.4. The number of anilines is 1. The van der Waals surface area contributed by atoms with E-state index in [-0.39, 0.29) is 5.56 Å². The number of nitrogens with one attached hydrogen (secondary N) is 1. The van der Waals surface area contributed by atoms with Gasteiger partial charge in [-0.2, -0.15) is 0 Å². The molecule has 0 heterocycles. The molecule has 0 unspecified atom stereocenters. The molecule has 0 fully saturated rings. The Morgan fingerprint density at radius 1 is 1.06 bits per heavy atom. The Hall–Kier alpha value is -2.62. The van der Waals surface area contributed by atoms with Crippen LogP contribution in [-0.4, -0.2) is 17.5 Å². The second-order valence-corrected chi connectivity index (χ2v) is 3.69. The molecule has 0 aliphatic heterocycles. The van der Waals surface area contributed by atoms with Crippen LogP contribution in [0.2, 0.25) is 0 Å². The summed E-state index contributed by atoms with van der Waals surface area (Å²) in [7, 11) is 0. The number of amides is 1. The third-order valence-corrected chi connectivity index (χ3v) is 2.57. The number of carboxylic acids is 1. The summed E-state index contributed by atoms with van der Waals surface area (Å²) in [4.78, 5) is 21.5. The topological polar surface area (TPSA) is 66.4 Å². The minimum Gasteiger partial charge on any atom is -0.478 e. The van der Waals surface area contributed by atoms with Crippen molar-refractivity contribution in [1.29, 1.82) is 0 Å². The number of hydrogen-bond acceptors (Lipinski definition) is 2. The summed E-state index contributed by atoms with van der Waals surface area (Å²) in [5, 5.41) is 11.4. The first-order valence-corrected chi connectivity index (χ1v) is 5.35. The Labute approximate surface area is 104 Å². The van der Waals surface area contributed by atoms with E-state index in [1.165, 1.54) is 6.07 Å². The molecule has 90 valence electrons. The first kappa shape index (κ1) is 11.9. The first-order chi connectivity index (χ1) is 8.72. The molecule has 0 saturated heterocycles. The van der Waals surface area contributed by atoms with Crippen LogP contribution >= 0.6 is 0 Å². The van der Waals surface area contributed by atoms with Crippen LogP contribution in [0, 0.1) is 0 Å². The molecule has 0 atom stereocenters. The SMILES string of the molecule is O=CNc1cc(-c2ccccc2)ccc1C(=O)O. The molecule has 0 radical (unpaired) electrons. The molecule has 2 rings (SSSR count). The van der Waals surface area contributed by atoms with Gasteiger partial charge in [0.25, 0.3) is 0 Å². The lowest BCUT2D eigenvalue weighted by molar-refractivity contribution is -0.105. The van der Waals surface area contributed by atoms with Crippen LogP contribution in [0.1, 0.15) is 10.4 Å². The largest absolute Gasteiger partial charge is 0.478 e. The number of rotatable bonds is 4. The predicted molar refractivity (Wildman–Crippen MR) is 68.5 cm³/mol. The summed E-state index contributed by atoms with van der Waals surface area (Å²) in [6, 6.07) is 14.4. The molecule has 0 aliphatic rings. The van der Waals surface area contributed by atoms with Crippen molar-refractivity contribution < 1.29 is 14.7 Å². The van der Waals surface area contributed by atoms with E-state index in [0.29, 0.717) is 12.1 Å². The standard InChI is InChI=1S/C14H11NO3/c16-9-15-13-8-11(6-7-12(13)14(17)18)10-4-2-1-3-5-10/h1-9H,(H,15,16)(H,17,18). The number of carboxylic acid groups (broad SMARTS) is 1. The van der Waals surface area contributed by atoms with Gasteiger partial charge in [0, 0.05) is 0 Å². The highest BCUT2D eigenvalue weighted by molar-refractivity contribution is 5.97. The van der Waals surface area contributed by atoms with Crippen LogP contribution in [-0.2, 0) is 4.79 Å². The summed E-state index contributed by atoms with van der Waals surface area (Å²) >= 11 is 0. The van der Waals surface area contributed by atoms with E-state index < -0.39 is 5.97 Å². The Morgan fingerprint density at radius 2 is 1.78 bits per heavy atom. The second kappa shape index (κ2) is 5.14. The van der Waals surface area contributed by atoms with Gasteiger partial charge in [-0.3, -0.25) is 4.79 Å². The fourth-order valence-electron chi connectivity index (χ4n) is 1.72. The van der Waals surface area contributed by atoms with Gasteiger partial charge in [-0.25, -0.2) is 4.79 Å². The fraction of sp³-hybridized carbons (Fsp3) is 0. The van der Waals surface area contributed by atoms with E-state index in [0.717, 1.165) is 11.1 Å². The molecule has 4 heteroatoms. The Bertz CT molecular complexity index is 579. The van der Waals surface area contributed by atoms with Crippen molar-refractivity contribution in [2.24, 2.45) is 0 Å². The molecule has 1 amide bonds. The molecule has 0 bridgehead atoms. The van der Waals surface area contributed by atoms with E-state index in [1.54, 1.807) is 12.1 Å². The van der Waals surface area contributed by atoms with Gasteiger partial charge in [0.05, 0.1) is 11.3 Å². The Kier molecular flexibility index (Phi) is 3.38. The average Bonchev–Trinajstić information content (AvgIpc) is 2.40. The van der Waals surface area contributed by atoms with Crippen LogP contribution in [0.15, 0.2) is 48.5 Å². The summed E-state index contributed by atoms with van der Waals surface area (Å²) in [6.07, 6.45) is 0.469. The van der Waals surface area contributed by atoms with Crippen molar-refractivity contribution in [1.82, 2.24) is 0 Å². The lowest BCUT2D eigenvalue weighted by Gasteiger charge is -2.08. The third-order valence-electron chi connectivity index (χ3n) is 2.57. The summed E-state index contributed by atoms with van der Waals surface area (Å²) in [5.74, 6) is -1.07. The smallest absolute Gasteiger partial charge is 0.337 e. The molecule has 0 spiro atoms. The van der Waals surface area contributed by atoms with Crippen molar-refractivity contribution in [2.45, 2.75) is 0 Å². The number of carbonyl (C=O) groups excluding carboxylic acids is 1. The number of carbonyl (C=O) groups is 2. The van der Waals surface area contributed by atoms with Crippen LogP contribution in [0.5, 0.6) is 0 Å². The Balaban J connectivity index is 2.49. The maximum atomic E-state index is 11.0. The van der Waals surface area contributed by atoms with Gasteiger partial charge in [0.1, 0.15) is 0 Å². The molecule has 2 aromatic rings. The van der Waals surface area contributed by atoms with Gasteiger partial charge in [0.15, 0.2) is 0 Å².